The van der Waals surface area contributed by atoms with Crippen molar-refractivity contribution in [3.8, 4) is 0 Å². The molecule has 1 saturated carbocycles. The highest BCUT2D eigenvalue weighted by Gasteiger charge is 2.22. The van der Waals surface area contributed by atoms with E-state index in [2.05, 4.69) is 38.5 Å². The Morgan fingerprint density at radius 2 is 1.93 bits per heavy atom. The van der Waals surface area contributed by atoms with E-state index in [-0.39, 0.29) is 5.97 Å². The monoisotopic (exact) mass is 372 g/mol. The first-order valence-corrected chi connectivity index (χ1v) is 6.72. The van der Waals surface area contributed by atoms with Crippen molar-refractivity contribution in [2.24, 2.45) is 5.92 Å². The van der Waals surface area contributed by atoms with Gasteiger partial charge in [0.1, 0.15) is 5.76 Å². The molecule has 14 heavy (non-hydrogen) atoms. The van der Waals surface area contributed by atoms with E-state index in [1.807, 2.05) is 0 Å². The Labute approximate surface area is 107 Å². The normalized spacial score (nSPS) is 20.2. The van der Waals surface area contributed by atoms with Crippen LogP contribution in [0.1, 0.15) is 39.0 Å². The lowest BCUT2D eigenvalue weighted by Gasteiger charge is -2.23. The van der Waals surface area contributed by atoms with Gasteiger partial charge in [0.25, 0.3) is 0 Å². The number of allylic oxidation sites excluding steroid dienone is 1. The minimum Gasteiger partial charge on any atom is -0.429 e. The predicted molar refractivity (Wildman–Crippen MR) is 68.3 cm³/mol. The van der Waals surface area contributed by atoms with Gasteiger partial charge in [0.15, 0.2) is 0 Å². The summed E-state index contributed by atoms with van der Waals surface area (Å²) in [5, 5.41) is 0. The second kappa shape index (κ2) is 6.10. The third-order valence-corrected chi connectivity index (χ3v) is 3.34. The van der Waals surface area contributed by atoms with E-state index in [4.69, 9.17) is 4.74 Å². The van der Waals surface area contributed by atoms with Crippen LogP contribution in [-0.4, -0.2) is 5.97 Å². The number of hydrogen-bond acceptors (Lipinski definition) is 2. The first-order valence-electron chi connectivity index (χ1n) is 4.85. The molecule has 1 fully saturated rings. The number of ether oxygens (including phenoxy) is 1. The Morgan fingerprint density at radius 3 is 2.36 bits per heavy atom. The van der Waals surface area contributed by atoms with Crippen molar-refractivity contribution in [3.63, 3.8) is 0 Å². The summed E-state index contributed by atoms with van der Waals surface area (Å²) >= 11 is 5.55. The van der Waals surface area contributed by atoms with Crippen molar-refractivity contribution < 1.29 is 9.53 Å². The fourth-order valence-electron chi connectivity index (χ4n) is 1.80. The molecule has 4 heteroatoms. The number of carbonyl (C=O) groups excluding carboxylic acids is 1. The van der Waals surface area contributed by atoms with Crippen LogP contribution in [0.2, 0.25) is 0 Å². The Kier molecular flexibility index (Phi) is 5.44. The van der Waals surface area contributed by atoms with Crippen molar-refractivity contribution in [1.29, 1.82) is 0 Å². The molecule has 0 spiro atoms. The first-order chi connectivity index (χ1) is 6.61. The first kappa shape index (κ1) is 12.5. The summed E-state index contributed by atoms with van der Waals surface area (Å²) < 4.78 is 6.17. The standard InChI is InChI=1S/C10H14BrIO2/c1-7(13)14-9(10(11)12)8-5-3-2-4-6-8/h8H,2-6H2,1H3/b10-9+. The van der Waals surface area contributed by atoms with Gasteiger partial charge in [-0.25, -0.2) is 0 Å². The van der Waals surface area contributed by atoms with E-state index in [9.17, 15) is 4.79 Å². The van der Waals surface area contributed by atoms with Crippen LogP contribution in [0.25, 0.3) is 0 Å². The van der Waals surface area contributed by atoms with Gasteiger partial charge in [-0.2, -0.15) is 0 Å². The van der Waals surface area contributed by atoms with Crippen LogP contribution in [0.5, 0.6) is 0 Å². The zero-order chi connectivity index (χ0) is 10.6. The largest absolute Gasteiger partial charge is 0.429 e. The van der Waals surface area contributed by atoms with Crippen LogP contribution in [0, 0.1) is 5.92 Å². The van der Waals surface area contributed by atoms with Crippen LogP contribution >= 0.6 is 38.5 Å². The van der Waals surface area contributed by atoms with Crippen molar-refractivity contribution >= 4 is 44.5 Å². The highest BCUT2D eigenvalue weighted by Crippen LogP contribution is 2.35. The minimum atomic E-state index is -0.223. The second-order valence-electron chi connectivity index (χ2n) is 3.55. The number of carbonyl (C=O) groups is 1. The summed E-state index contributed by atoms with van der Waals surface area (Å²) in [6.45, 7) is 1.45. The minimum absolute atomic E-state index is 0.223. The van der Waals surface area contributed by atoms with Crippen LogP contribution in [0.3, 0.4) is 0 Å². The Morgan fingerprint density at radius 1 is 1.36 bits per heavy atom. The highest BCUT2D eigenvalue weighted by molar-refractivity contribution is 14.1. The summed E-state index contributed by atoms with van der Waals surface area (Å²) in [6.07, 6.45) is 6.07. The molecule has 0 heterocycles. The highest BCUT2D eigenvalue weighted by atomic mass is 127. The van der Waals surface area contributed by atoms with Gasteiger partial charge in [-0.3, -0.25) is 4.79 Å². The smallest absolute Gasteiger partial charge is 0.307 e. The van der Waals surface area contributed by atoms with Crippen molar-refractivity contribution in [2.45, 2.75) is 39.0 Å². The summed E-state index contributed by atoms with van der Waals surface area (Å²) in [7, 11) is 0. The zero-order valence-electron chi connectivity index (χ0n) is 8.19. The third kappa shape index (κ3) is 3.88. The molecule has 1 aliphatic carbocycles. The average Bonchev–Trinajstić information content (AvgIpc) is 2.15. The molecule has 0 unspecified atom stereocenters. The van der Waals surface area contributed by atoms with Crippen molar-refractivity contribution in [3.05, 3.63) is 8.25 Å². The zero-order valence-corrected chi connectivity index (χ0v) is 11.9. The molecular weight excluding hydrogens is 359 g/mol. The van der Waals surface area contributed by atoms with Crippen LogP contribution in [-0.2, 0) is 9.53 Å². The fourth-order valence-corrected chi connectivity index (χ4v) is 2.75. The lowest BCUT2D eigenvalue weighted by atomic mass is 9.88. The lowest BCUT2D eigenvalue weighted by molar-refractivity contribution is -0.137. The summed E-state index contributed by atoms with van der Waals surface area (Å²) in [5.41, 5.74) is 0. The molecule has 2 nitrogen and oxygen atoms in total. The van der Waals surface area contributed by atoms with Gasteiger partial charge in [-0.15, -0.1) is 0 Å². The Hall–Kier alpha value is 0.420. The van der Waals surface area contributed by atoms with Crippen LogP contribution in [0.15, 0.2) is 8.25 Å². The van der Waals surface area contributed by atoms with E-state index in [1.54, 1.807) is 0 Å². The molecule has 0 atom stereocenters. The molecule has 0 N–H and O–H groups in total. The quantitative estimate of drug-likeness (QED) is 0.414. The molecule has 0 aromatic carbocycles. The van der Waals surface area contributed by atoms with E-state index < -0.39 is 0 Å². The third-order valence-electron chi connectivity index (χ3n) is 2.42. The van der Waals surface area contributed by atoms with Crippen molar-refractivity contribution in [2.75, 3.05) is 0 Å². The molecule has 1 rings (SSSR count). The molecule has 80 valence electrons. The van der Waals surface area contributed by atoms with Gasteiger partial charge in [0, 0.05) is 12.8 Å². The number of halogens is 2. The molecule has 0 amide bonds. The molecule has 0 bridgehead atoms. The van der Waals surface area contributed by atoms with Gasteiger partial charge in [-0.1, -0.05) is 19.3 Å². The van der Waals surface area contributed by atoms with Gasteiger partial charge < -0.3 is 4.74 Å². The molecule has 1 aliphatic rings. The summed E-state index contributed by atoms with van der Waals surface area (Å²) in [5.74, 6) is 1.04. The maximum Gasteiger partial charge on any atom is 0.307 e. The summed E-state index contributed by atoms with van der Waals surface area (Å²) in [4.78, 5) is 10.9. The molecule has 0 aliphatic heterocycles. The molecule has 0 aromatic rings. The second-order valence-corrected chi connectivity index (χ2v) is 6.91. The van der Waals surface area contributed by atoms with Gasteiger partial charge in [-0.05, 0) is 51.4 Å². The van der Waals surface area contributed by atoms with E-state index >= 15 is 0 Å². The predicted octanol–water partition coefficient (Wildman–Crippen LogP) is 4.13. The molecular formula is C10H14BrIO2. The number of hydrogen-bond donors (Lipinski definition) is 0. The maximum atomic E-state index is 10.9. The van der Waals surface area contributed by atoms with Crippen LogP contribution < -0.4 is 0 Å². The SMILES string of the molecule is CC(=O)O/C(=C(\Br)I)C1CCCCC1. The average molecular weight is 373 g/mol. The number of esters is 1. The van der Waals surface area contributed by atoms with Gasteiger partial charge >= 0.3 is 5.97 Å². The maximum absolute atomic E-state index is 10.9. The van der Waals surface area contributed by atoms with Crippen LogP contribution in [0.4, 0.5) is 0 Å². The summed E-state index contributed by atoms with van der Waals surface area (Å²) in [6, 6.07) is 0. The molecule has 0 aromatic heterocycles. The molecule has 0 saturated heterocycles. The van der Waals surface area contributed by atoms with E-state index in [0.717, 1.165) is 21.1 Å². The van der Waals surface area contributed by atoms with Gasteiger partial charge in [0.05, 0.1) is 2.49 Å². The van der Waals surface area contributed by atoms with Crippen molar-refractivity contribution in [1.82, 2.24) is 0 Å². The van der Waals surface area contributed by atoms with E-state index in [0.29, 0.717) is 5.92 Å². The Bertz CT molecular complexity index is 241. The van der Waals surface area contributed by atoms with E-state index in [1.165, 1.54) is 26.2 Å². The fraction of sp³-hybridized carbons (Fsp3) is 0.700. The topological polar surface area (TPSA) is 26.3 Å². The lowest BCUT2D eigenvalue weighted by Crippen LogP contribution is -2.14. The van der Waals surface area contributed by atoms with Gasteiger partial charge in [0.2, 0.25) is 0 Å². The Balaban J connectivity index is 2.67. The molecule has 0 radical (unpaired) electrons. The number of rotatable bonds is 2.